The van der Waals surface area contributed by atoms with Crippen LogP contribution in [0.3, 0.4) is 0 Å². The molecule has 2 atom stereocenters. The predicted molar refractivity (Wildman–Crippen MR) is 48.1 cm³/mol. The van der Waals surface area contributed by atoms with E-state index in [1.54, 1.807) is 31.1 Å². The fraction of sp³-hybridized carbons (Fsp3) is 0.625. The highest BCUT2D eigenvalue weighted by Crippen LogP contribution is 2.13. The standard InChI is InChI=1S/C8H15N3O2/c1-9-5-6(12)7(13)8-10-3-4-11(8)2/h3-4,6-7,9,12-13H,5H2,1-2H3. The molecular formula is C8H15N3O2. The average Bonchev–Trinajstić information content (AvgIpc) is 2.50. The molecule has 0 amide bonds. The van der Waals surface area contributed by atoms with Gasteiger partial charge < -0.3 is 20.1 Å². The topological polar surface area (TPSA) is 70.3 Å². The van der Waals surface area contributed by atoms with Crippen molar-refractivity contribution in [1.29, 1.82) is 0 Å². The van der Waals surface area contributed by atoms with Gasteiger partial charge in [0.25, 0.3) is 0 Å². The van der Waals surface area contributed by atoms with Crippen LogP contribution in [0.4, 0.5) is 0 Å². The first kappa shape index (κ1) is 10.2. The van der Waals surface area contributed by atoms with Crippen molar-refractivity contribution in [2.45, 2.75) is 12.2 Å². The zero-order chi connectivity index (χ0) is 9.84. The van der Waals surface area contributed by atoms with Crippen molar-refractivity contribution in [1.82, 2.24) is 14.9 Å². The number of nitrogens with one attached hydrogen (secondary N) is 1. The molecule has 74 valence electrons. The largest absolute Gasteiger partial charge is 0.389 e. The molecule has 0 saturated heterocycles. The summed E-state index contributed by atoms with van der Waals surface area (Å²) in [5.74, 6) is 0.475. The second-order valence-electron chi connectivity index (χ2n) is 2.97. The van der Waals surface area contributed by atoms with E-state index in [0.29, 0.717) is 12.4 Å². The first-order valence-electron chi connectivity index (χ1n) is 4.14. The molecule has 0 aliphatic heterocycles. The third-order valence-electron chi connectivity index (χ3n) is 1.90. The van der Waals surface area contributed by atoms with Crippen LogP contribution in [0.15, 0.2) is 12.4 Å². The number of nitrogens with zero attached hydrogens (tertiary/aromatic N) is 2. The van der Waals surface area contributed by atoms with Crippen molar-refractivity contribution in [3.63, 3.8) is 0 Å². The Kier molecular flexibility index (Phi) is 3.41. The summed E-state index contributed by atoms with van der Waals surface area (Å²) in [5, 5.41) is 21.8. The van der Waals surface area contributed by atoms with Crippen LogP contribution in [0.25, 0.3) is 0 Å². The first-order chi connectivity index (χ1) is 6.16. The highest BCUT2D eigenvalue weighted by molar-refractivity contribution is 4.98. The third-order valence-corrected chi connectivity index (χ3v) is 1.90. The molecule has 1 rings (SSSR count). The quantitative estimate of drug-likeness (QED) is 0.564. The number of aliphatic hydroxyl groups excluding tert-OH is 2. The summed E-state index contributed by atoms with van der Waals surface area (Å²) >= 11 is 0. The summed E-state index contributed by atoms with van der Waals surface area (Å²) in [4.78, 5) is 3.94. The Balaban J connectivity index is 2.67. The lowest BCUT2D eigenvalue weighted by Gasteiger charge is -2.16. The van der Waals surface area contributed by atoms with Crippen molar-refractivity contribution >= 4 is 0 Å². The molecule has 2 unspecified atom stereocenters. The molecule has 1 aromatic heterocycles. The summed E-state index contributed by atoms with van der Waals surface area (Å²) in [6.45, 7) is 0.341. The van der Waals surface area contributed by atoms with Gasteiger partial charge in [0.05, 0.1) is 6.10 Å². The monoisotopic (exact) mass is 185 g/mol. The number of aryl methyl sites for hydroxylation is 1. The van der Waals surface area contributed by atoms with Gasteiger partial charge in [-0.15, -0.1) is 0 Å². The summed E-state index contributed by atoms with van der Waals surface area (Å²) < 4.78 is 1.68. The molecule has 0 fully saturated rings. The zero-order valence-electron chi connectivity index (χ0n) is 7.81. The zero-order valence-corrected chi connectivity index (χ0v) is 7.81. The Bertz CT molecular complexity index is 262. The van der Waals surface area contributed by atoms with Crippen molar-refractivity contribution in [2.24, 2.45) is 7.05 Å². The van der Waals surface area contributed by atoms with E-state index in [4.69, 9.17) is 0 Å². The number of hydrogen-bond acceptors (Lipinski definition) is 4. The smallest absolute Gasteiger partial charge is 0.140 e. The molecule has 0 bridgehead atoms. The van der Waals surface area contributed by atoms with Gasteiger partial charge in [-0.05, 0) is 7.05 Å². The van der Waals surface area contributed by atoms with E-state index in [1.165, 1.54) is 0 Å². The van der Waals surface area contributed by atoms with E-state index in [2.05, 4.69) is 10.3 Å². The minimum Gasteiger partial charge on any atom is -0.389 e. The van der Waals surface area contributed by atoms with Gasteiger partial charge >= 0.3 is 0 Å². The van der Waals surface area contributed by atoms with Crippen LogP contribution in [0, 0.1) is 0 Å². The second kappa shape index (κ2) is 4.36. The molecule has 0 saturated carbocycles. The predicted octanol–water partition coefficient (Wildman–Crippen LogP) is -0.966. The fourth-order valence-electron chi connectivity index (χ4n) is 1.15. The Morgan fingerprint density at radius 1 is 1.62 bits per heavy atom. The van der Waals surface area contributed by atoms with Crippen LogP contribution in [-0.2, 0) is 7.05 Å². The van der Waals surface area contributed by atoms with Crippen LogP contribution >= 0.6 is 0 Å². The summed E-state index contributed by atoms with van der Waals surface area (Å²) in [6, 6.07) is 0. The van der Waals surface area contributed by atoms with Crippen molar-refractivity contribution in [3.8, 4) is 0 Å². The highest BCUT2D eigenvalue weighted by atomic mass is 16.3. The lowest BCUT2D eigenvalue weighted by Crippen LogP contribution is -2.30. The number of imidazole rings is 1. The minimum absolute atomic E-state index is 0.341. The van der Waals surface area contributed by atoms with Gasteiger partial charge in [-0.2, -0.15) is 0 Å². The molecule has 0 aliphatic rings. The molecule has 1 heterocycles. The van der Waals surface area contributed by atoms with Crippen LogP contribution in [-0.4, -0.2) is 39.5 Å². The normalized spacial score (nSPS) is 15.7. The van der Waals surface area contributed by atoms with Crippen LogP contribution in [0.2, 0.25) is 0 Å². The van der Waals surface area contributed by atoms with Crippen molar-refractivity contribution < 1.29 is 10.2 Å². The number of aliphatic hydroxyl groups is 2. The Morgan fingerprint density at radius 3 is 2.77 bits per heavy atom. The molecule has 0 aliphatic carbocycles. The first-order valence-corrected chi connectivity index (χ1v) is 4.14. The number of aromatic nitrogens is 2. The van der Waals surface area contributed by atoms with Crippen molar-refractivity contribution in [2.75, 3.05) is 13.6 Å². The maximum atomic E-state index is 9.62. The lowest BCUT2D eigenvalue weighted by atomic mass is 10.2. The van der Waals surface area contributed by atoms with Gasteiger partial charge in [-0.1, -0.05) is 0 Å². The minimum atomic E-state index is -0.938. The molecule has 0 spiro atoms. The molecule has 13 heavy (non-hydrogen) atoms. The molecule has 3 N–H and O–H groups in total. The van der Waals surface area contributed by atoms with Gasteiger partial charge in [0.1, 0.15) is 11.9 Å². The SMILES string of the molecule is CNCC(O)C(O)c1nccn1C. The van der Waals surface area contributed by atoms with Crippen LogP contribution in [0.5, 0.6) is 0 Å². The van der Waals surface area contributed by atoms with E-state index in [0.717, 1.165) is 0 Å². The number of likely N-dealkylation sites (N-methyl/N-ethyl adjacent to an activating group) is 1. The summed E-state index contributed by atoms with van der Waals surface area (Å²) in [5.41, 5.74) is 0. The van der Waals surface area contributed by atoms with Gasteiger partial charge in [0.2, 0.25) is 0 Å². The molecule has 5 heteroatoms. The summed E-state index contributed by atoms with van der Waals surface area (Å²) in [7, 11) is 3.49. The van der Waals surface area contributed by atoms with Gasteiger partial charge in [0, 0.05) is 26.0 Å². The van der Waals surface area contributed by atoms with E-state index in [1.807, 2.05) is 0 Å². The number of rotatable bonds is 4. The Morgan fingerprint density at radius 2 is 2.31 bits per heavy atom. The van der Waals surface area contributed by atoms with E-state index in [-0.39, 0.29) is 0 Å². The van der Waals surface area contributed by atoms with Gasteiger partial charge in [-0.3, -0.25) is 0 Å². The molecule has 0 radical (unpaired) electrons. The Labute approximate surface area is 77.0 Å². The molecule has 1 aromatic rings. The van der Waals surface area contributed by atoms with Gasteiger partial charge in [0.15, 0.2) is 0 Å². The summed E-state index contributed by atoms with van der Waals surface area (Å²) in [6.07, 6.45) is 1.55. The second-order valence-corrected chi connectivity index (χ2v) is 2.97. The molecular weight excluding hydrogens is 170 g/mol. The van der Waals surface area contributed by atoms with E-state index < -0.39 is 12.2 Å². The lowest BCUT2D eigenvalue weighted by molar-refractivity contribution is 0.0133. The third kappa shape index (κ3) is 2.27. The average molecular weight is 185 g/mol. The molecule has 0 aromatic carbocycles. The maximum Gasteiger partial charge on any atom is 0.140 e. The van der Waals surface area contributed by atoms with E-state index >= 15 is 0 Å². The van der Waals surface area contributed by atoms with Crippen molar-refractivity contribution in [3.05, 3.63) is 18.2 Å². The molecule has 5 nitrogen and oxygen atoms in total. The van der Waals surface area contributed by atoms with Crippen LogP contribution < -0.4 is 5.32 Å². The number of hydrogen-bond donors (Lipinski definition) is 3. The van der Waals surface area contributed by atoms with Crippen LogP contribution in [0.1, 0.15) is 11.9 Å². The Hall–Kier alpha value is -0.910. The fourth-order valence-corrected chi connectivity index (χ4v) is 1.15. The van der Waals surface area contributed by atoms with E-state index in [9.17, 15) is 10.2 Å². The van der Waals surface area contributed by atoms with Gasteiger partial charge in [-0.25, -0.2) is 4.98 Å². The maximum absolute atomic E-state index is 9.62. The highest BCUT2D eigenvalue weighted by Gasteiger charge is 2.20.